The summed E-state index contributed by atoms with van der Waals surface area (Å²) in [5, 5.41) is 0. The summed E-state index contributed by atoms with van der Waals surface area (Å²) in [7, 11) is 0. The summed E-state index contributed by atoms with van der Waals surface area (Å²) in [5.41, 5.74) is 5.65. The Bertz CT molecular complexity index is 125. The van der Waals surface area contributed by atoms with Crippen molar-refractivity contribution in [3.05, 3.63) is 0 Å². The van der Waals surface area contributed by atoms with Gasteiger partial charge in [-0.15, -0.1) is 0 Å². The fourth-order valence-electron chi connectivity index (χ4n) is 1.88. The third-order valence-corrected chi connectivity index (χ3v) is 3.02. The average Bonchev–Trinajstić information content (AvgIpc) is 2.29. The largest absolute Gasteiger partial charge is 0.329 e. The zero-order chi connectivity index (χ0) is 8.97. The first-order valence-electron chi connectivity index (χ1n) is 5.18. The molecule has 0 aromatic rings. The molecule has 2 atom stereocenters. The van der Waals surface area contributed by atoms with Crippen molar-refractivity contribution < 1.29 is 0 Å². The van der Waals surface area contributed by atoms with Crippen LogP contribution in [-0.4, -0.2) is 30.6 Å². The molecule has 1 fully saturated rings. The van der Waals surface area contributed by atoms with Crippen molar-refractivity contribution in [1.29, 1.82) is 0 Å². The van der Waals surface area contributed by atoms with Gasteiger partial charge >= 0.3 is 0 Å². The number of rotatable bonds is 2. The van der Waals surface area contributed by atoms with Gasteiger partial charge in [0.05, 0.1) is 0 Å². The monoisotopic (exact) mass is 170 g/mol. The van der Waals surface area contributed by atoms with E-state index >= 15 is 0 Å². The van der Waals surface area contributed by atoms with Crippen LogP contribution in [0, 0.1) is 5.92 Å². The Balaban J connectivity index is 2.35. The fourth-order valence-corrected chi connectivity index (χ4v) is 1.88. The van der Waals surface area contributed by atoms with E-state index in [9.17, 15) is 0 Å². The Morgan fingerprint density at radius 3 is 2.83 bits per heavy atom. The van der Waals surface area contributed by atoms with Gasteiger partial charge in [0.2, 0.25) is 0 Å². The number of hydrogen-bond donors (Lipinski definition) is 1. The van der Waals surface area contributed by atoms with Gasteiger partial charge in [-0.05, 0) is 45.2 Å². The first-order chi connectivity index (χ1) is 5.74. The predicted molar refractivity (Wildman–Crippen MR) is 53.1 cm³/mol. The lowest BCUT2D eigenvalue weighted by molar-refractivity contribution is 0.219. The third kappa shape index (κ3) is 2.76. The van der Waals surface area contributed by atoms with Gasteiger partial charge < -0.3 is 5.73 Å². The highest BCUT2D eigenvalue weighted by atomic mass is 15.2. The molecule has 72 valence electrons. The smallest absolute Gasteiger partial charge is 0.0190 e. The number of nitrogens with two attached hydrogens (primary N) is 1. The Hall–Kier alpha value is -0.0800. The molecular formula is C10H22N2. The maximum Gasteiger partial charge on any atom is 0.0190 e. The quantitative estimate of drug-likeness (QED) is 0.680. The summed E-state index contributed by atoms with van der Waals surface area (Å²) in [4.78, 5) is 2.53. The van der Waals surface area contributed by atoms with Crippen molar-refractivity contribution in [2.75, 3.05) is 19.6 Å². The molecule has 0 radical (unpaired) electrons. The molecule has 1 aliphatic heterocycles. The van der Waals surface area contributed by atoms with Gasteiger partial charge in [-0.3, -0.25) is 4.90 Å². The van der Waals surface area contributed by atoms with Crippen LogP contribution in [0.4, 0.5) is 0 Å². The van der Waals surface area contributed by atoms with E-state index in [0.717, 1.165) is 12.5 Å². The minimum atomic E-state index is 0.579. The van der Waals surface area contributed by atoms with E-state index in [1.165, 1.54) is 32.4 Å². The zero-order valence-corrected chi connectivity index (χ0v) is 8.42. The first kappa shape index (κ1) is 10.0. The number of nitrogens with zero attached hydrogens (tertiary/aromatic N) is 1. The maximum absolute atomic E-state index is 5.65. The second-order valence-electron chi connectivity index (χ2n) is 4.16. The van der Waals surface area contributed by atoms with E-state index < -0.39 is 0 Å². The SMILES string of the molecule is CC1CCCN(C(C)CN)CC1. The number of likely N-dealkylation sites (tertiary alicyclic amines) is 1. The predicted octanol–water partition coefficient (Wildman–Crippen LogP) is 1.46. The second kappa shape index (κ2) is 4.83. The van der Waals surface area contributed by atoms with Gasteiger partial charge in [0.1, 0.15) is 0 Å². The van der Waals surface area contributed by atoms with Crippen molar-refractivity contribution in [1.82, 2.24) is 4.90 Å². The van der Waals surface area contributed by atoms with E-state index in [0.29, 0.717) is 6.04 Å². The standard InChI is InChI=1S/C10H22N2/c1-9-4-3-6-12(7-5-9)10(2)8-11/h9-10H,3-8,11H2,1-2H3. The lowest BCUT2D eigenvalue weighted by Gasteiger charge is -2.26. The highest BCUT2D eigenvalue weighted by Gasteiger charge is 2.16. The third-order valence-electron chi connectivity index (χ3n) is 3.02. The van der Waals surface area contributed by atoms with Gasteiger partial charge in [0, 0.05) is 12.6 Å². The summed E-state index contributed by atoms with van der Waals surface area (Å²) in [6.07, 6.45) is 4.10. The van der Waals surface area contributed by atoms with Crippen LogP contribution < -0.4 is 5.73 Å². The normalized spacial score (nSPS) is 29.8. The van der Waals surface area contributed by atoms with Gasteiger partial charge in [-0.1, -0.05) is 6.92 Å². The lowest BCUT2D eigenvalue weighted by atomic mass is 10.0. The summed E-state index contributed by atoms with van der Waals surface area (Å²) < 4.78 is 0. The molecule has 1 rings (SSSR count). The second-order valence-corrected chi connectivity index (χ2v) is 4.16. The van der Waals surface area contributed by atoms with E-state index in [-0.39, 0.29) is 0 Å². The van der Waals surface area contributed by atoms with E-state index in [1.807, 2.05) is 0 Å². The van der Waals surface area contributed by atoms with E-state index in [1.54, 1.807) is 0 Å². The molecule has 2 unspecified atom stereocenters. The van der Waals surface area contributed by atoms with Crippen molar-refractivity contribution in [2.45, 2.75) is 39.2 Å². The molecule has 0 amide bonds. The topological polar surface area (TPSA) is 29.3 Å². The molecule has 0 saturated carbocycles. The lowest BCUT2D eigenvalue weighted by Crippen LogP contribution is -2.38. The van der Waals surface area contributed by atoms with Crippen LogP contribution in [0.3, 0.4) is 0 Å². The van der Waals surface area contributed by atoms with Gasteiger partial charge in [-0.25, -0.2) is 0 Å². The van der Waals surface area contributed by atoms with Crippen LogP contribution in [0.1, 0.15) is 33.1 Å². The average molecular weight is 170 g/mol. The zero-order valence-electron chi connectivity index (χ0n) is 8.42. The van der Waals surface area contributed by atoms with Crippen LogP contribution >= 0.6 is 0 Å². The minimum Gasteiger partial charge on any atom is -0.329 e. The van der Waals surface area contributed by atoms with Crippen molar-refractivity contribution in [3.8, 4) is 0 Å². The molecule has 1 saturated heterocycles. The summed E-state index contributed by atoms with van der Waals surface area (Å²) in [5.74, 6) is 0.917. The first-order valence-corrected chi connectivity index (χ1v) is 5.18. The summed E-state index contributed by atoms with van der Waals surface area (Å²) in [6, 6.07) is 0.579. The summed E-state index contributed by atoms with van der Waals surface area (Å²) >= 11 is 0. The molecule has 2 heteroatoms. The Kier molecular flexibility index (Phi) is 4.02. The molecule has 2 nitrogen and oxygen atoms in total. The molecule has 0 spiro atoms. The van der Waals surface area contributed by atoms with Crippen molar-refractivity contribution in [3.63, 3.8) is 0 Å². The summed E-state index contributed by atoms with van der Waals surface area (Å²) in [6.45, 7) is 7.89. The highest BCUT2D eigenvalue weighted by Crippen LogP contribution is 2.17. The van der Waals surface area contributed by atoms with E-state index in [4.69, 9.17) is 5.73 Å². The Morgan fingerprint density at radius 1 is 1.42 bits per heavy atom. The van der Waals surface area contributed by atoms with Crippen molar-refractivity contribution >= 4 is 0 Å². The fraction of sp³-hybridized carbons (Fsp3) is 1.00. The Labute approximate surface area is 76.1 Å². The highest BCUT2D eigenvalue weighted by molar-refractivity contribution is 4.72. The minimum absolute atomic E-state index is 0.579. The van der Waals surface area contributed by atoms with Gasteiger partial charge in [-0.2, -0.15) is 0 Å². The molecule has 0 bridgehead atoms. The Morgan fingerprint density at radius 2 is 2.17 bits per heavy atom. The molecule has 12 heavy (non-hydrogen) atoms. The molecule has 0 aromatic carbocycles. The molecular weight excluding hydrogens is 148 g/mol. The van der Waals surface area contributed by atoms with Crippen LogP contribution in [0.25, 0.3) is 0 Å². The molecule has 0 aromatic heterocycles. The van der Waals surface area contributed by atoms with Crippen LogP contribution in [0.5, 0.6) is 0 Å². The maximum atomic E-state index is 5.65. The van der Waals surface area contributed by atoms with Crippen LogP contribution in [-0.2, 0) is 0 Å². The van der Waals surface area contributed by atoms with Gasteiger partial charge in [0.15, 0.2) is 0 Å². The van der Waals surface area contributed by atoms with Crippen LogP contribution in [0.2, 0.25) is 0 Å². The molecule has 1 aliphatic rings. The van der Waals surface area contributed by atoms with E-state index in [2.05, 4.69) is 18.7 Å². The van der Waals surface area contributed by atoms with Gasteiger partial charge in [0.25, 0.3) is 0 Å². The molecule has 0 aliphatic carbocycles. The van der Waals surface area contributed by atoms with Crippen molar-refractivity contribution in [2.24, 2.45) is 11.7 Å². The molecule has 1 heterocycles. The number of hydrogen-bond acceptors (Lipinski definition) is 2. The molecule has 2 N–H and O–H groups in total. The van der Waals surface area contributed by atoms with Crippen LogP contribution in [0.15, 0.2) is 0 Å².